The van der Waals surface area contributed by atoms with Crippen molar-refractivity contribution in [2.24, 2.45) is 0 Å². The van der Waals surface area contributed by atoms with Gasteiger partial charge in [0.25, 0.3) is 5.89 Å². The van der Waals surface area contributed by atoms with E-state index in [1.165, 1.54) is 11.1 Å². The lowest BCUT2D eigenvalue weighted by molar-refractivity contribution is 0.0256. The monoisotopic (exact) mass is 350 g/mol. The fourth-order valence-electron chi connectivity index (χ4n) is 3.08. The Morgan fingerprint density at radius 3 is 2.58 bits per heavy atom. The first-order valence-corrected chi connectivity index (χ1v) is 9.00. The minimum Gasteiger partial charge on any atom is -0.490 e. The second-order valence-corrected chi connectivity index (χ2v) is 6.57. The Balaban J connectivity index is 1.43. The molecule has 0 bridgehead atoms. The summed E-state index contributed by atoms with van der Waals surface area (Å²) in [5, 5.41) is 4.11. The van der Waals surface area contributed by atoms with Gasteiger partial charge in [0.05, 0.1) is 13.2 Å². The normalized spacial score (nSPS) is 15.1. The van der Waals surface area contributed by atoms with Crippen LogP contribution in [0, 0.1) is 6.92 Å². The summed E-state index contributed by atoms with van der Waals surface area (Å²) in [6.07, 6.45) is 2.78. The van der Waals surface area contributed by atoms with Gasteiger partial charge in [0, 0.05) is 24.8 Å². The molecule has 2 heterocycles. The Morgan fingerprint density at radius 2 is 1.81 bits per heavy atom. The van der Waals surface area contributed by atoms with Crippen molar-refractivity contribution in [2.75, 3.05) is 13.2 Å². The van der Waals surface area contributed by atoms with Crippen LogP contribution >= 0.6 is 0 Å². The van der Waals surface area contributed by atoms with E-state index in [-0.39, 0.29) is 6.10 Å². The summed E-state index contributed by atoms with van der Waals surface area (Å²) in [7, 11) is 0. The Morgan fingerprint density at radius 1 is 1.04 bits per heavy atom. The van der Waals surface area contributed by atoms with Gasteiger partial charge in [0.2, 0.25) is 0 Å². The fourth-order valence-corrected chi connectivity index (χ4v) is 3.08. The zero-order valence-electron chi connectivity index (χ0n) is 14.9. The van der Waals surface area contributed by atoms with Gasteiger partial charge in [0.1, 0.15) is 11.9 Å². The molecule has 0 aliphatic carbocycles. The molecule has 1 aromatic heterocycles. The minimum atomic E-state index is 0.235. The highest BCUT2D eigenvalue weighted by atomic mass is 16.5. The predicted molar refractivity (Wildman–Crippen MR) is 98.2 cm³/mol. The molecule has 5 nitrogen and oxygen atoms in total. The topological polar surface area (TPSA) is 57.4 Å². The largest absolute Gasteiger partial charge is 0.490 e. The van der Waals surface area contributed by atoms with Crippen molar-refractivity contribution in [2.45, 2.75) is 32.3 Å². The van der Waals surface area contributed by atoms with E-state index in [9.17, 15) is 0 Å². The number of aromatic nitrogens is 2. The molecule has 0 saturated carbocycles. The van der Waals surface area contributed by atoms with Crippen LogP contribution in [-0.2, 0) is 11.2 Å². The number of nitrogens with zero attached hydrogens (tertiary/aromatic N) is 2. The van der Waals surface area contributed by atoms with Crippen LogP contribution in [-0.4, -0.2) is 29.5 Å². The predicted octanol–water partition coefficient (Wildman–Crippen LogP) is 4.19. The second-order valence-electron chi connectivity index (χ2n) is 6.57. The molecule has 0 unspecified atom stereocenters. The van der Waals surface area contributed by atoms with Gasteiger partial charge in [-0.3, -0.25) is 0 Å². The highest BCUT2D eigenvalue weighted by molar-refractivity contribution is 5.54. The van der Waals surface area contributed by atoms with Crippen LogP contribution in [0.4, 0.5) is 0 Å². The van der Waals surface area contributed by atoms with Gasteiger partial charge < -0.3 is 14.0 Å². The molecule has 1 aliphatic rings. The van der Waals surface area contributed by atoms with Gasteiger partial charge in [-0.1, -0.05) is 29.4 Å². The molecule has 3 aromatic rings. The number of hydrogen-bond donors (Lipinski definition) is 0. The van der Waals surface area contributed by atoms with Crippen molar-refractivity contribution in [3.8, 4) is 17.2 Å². The van der Waals surface area contributed by atoms with Gasteiger partial charge >= 0.3 is 0 Å². The first-order chi connectivity index (χ1) is 12.8. The van der Waals surface area contributed by atoms with Crippen molar-refractivity contribution in [1.82, 2.24) is 10.1 Å². The smallest absolute Gasteiger partial charge is 0.257 e. The van der Waals surface area contributed by atoms with Crippen molar-refractivity contribution >= 4 is 0 Å². The number of aryl methyl sites for hydroxylation is 1. The van der Waals surface area contributed by atoms with Gasteiger partial charge in [-0.2, -0.15) is 4.98 Å². The van der Waals surface area contributed by atoms with Crippen LogP contribution in [0.3, 0.4) is 0 Å². The van der Waals surface area contributed by atoms with E-state index in [1.54, 1.807) is 0 Å². The third-order valence-corrected chi connectivity index (χ3v) is 4.65. The molecule has 134 valence electrons. The molecular formula is C21H22N2O3. The summed E-state index contributed by atoms with van der Waals surface area (Å²) < 4.78 is 16.8. The lowest BCUT2D eigenvalue weighted by Crippen LogP contribution is -2.25. The van der Waals surface area contributed by atoms with E-state index in [0.717, 1.165) is 37.4 Å². The highest BCUT2D eigenvalue weighted by Crippen LogP contribution is 2.24. The van der Waals surface area contributed by atoms with Crippen molar-refractivity contribution < 1.29 is 14.0 Å². The maximum atomic E-state index is 6.00. The molecule has 0 spiro atoms. The van der Waals surface area contributed by atoms with Crippen LogP contribution in [0.2, 0.25) is 0 Å². The average molecular weight is 350 g/mol. The molecule has 0 N–H and O–H groups in total. The van der Waals surface area contributed by atoms with E-state index >= 15 is 0 Å². The van der Waals surface area contributed by atoms with Crippen LogP contribution < -0.4 is 4.74 Å². The van der Waals surface area contributed by atoms with Crippen LogP contribution in [0.1, 0.15) is 29.8 Å². The summed E-state index contributed by atoms with van der Waals surface area (Å²) in [4.78, 5) is 4.53. The molecule has 0 radical (unpaired) electrons. The van der Waals surface area contributed by atoms with Gasteiger partial charge in [-0.05, 0) is 42.3 Å². The van der Waals surface area contributed by atoms with Gasteiger partial charge in [0.15, 0.2) is 5.82 Å². The third-order valence-electron chi connectivity index (χ3n) is 4.65. The van der Waals surface area contributed by atoms with Gasteiger partial charge in [-0.25, -0.2) is 0 Å². The van der Waals surface area contributed by atoms with E-state index in [2.05, 4.69) is 29.2 Å². The molecule has 1 saturated heterocycles. The Kier molecular flexibility index (Phi) is 4.97. The average Bonchev–Trinajstić information content (AvgIpc) is 3.14. The maximum absolute atomic E-state index is 6.00. The lowest BCUT2D eigenvalue weighted by atomic mass is 10.1. The summed E-state index contributed by atoms with van der Waals surface area (Å²) in [6, 6.07) is 16.1. The van der Waals surface area contributed by atoms with E-state index < -0.39 is 0 Å². The summed E-state index contributed by atoms with van der Waals surface area (Å²) in [6.45, 7) is 3.64. The fraction of sp³-hybridized carbons (Fsp3) is 0.333. The highest BCUT2D eigenvalue weighted by Gasteiger charge is 2.16. The quantitative estimate of drug-likeness (QED) is 0.690. The first kappa shape index (κ1) is 16.8. The standard InChI is InChI=1S/C21H22N2O3/c1-15-4-2-3-5-17(15)14-20-22-21(26-23-20)16-6-8-18(9-7-16)25-19-10-12-24-13-11-19/h2-9,19H,10-14H2,1H3. The van der Waals surface area contributed by atoms with E-state index in [4.69, 9.17) is 14.0 Å². The van der Waals surface area contributed by atoms with Crippen LogP contribution in [0.5, 0.6) is 5.75 Å². The summed E-state index contributed by atoms with van der Waals surface area (Å²) >= 11 is 0. The first-order valence-electron chi connectivity index (χ1n) is 9.00. The number of ether oxygens (including phenoxy) is 2. The lowest BCUT2D eigenvalue weighted by Gasteiger charge is -2.23. The van der Waals surface area contributed by atoms with Crippen molar-refractivity contribution in [3.05, 3.63) is 65.5 Å². The molecule has 1 aliphatic heterocycles. The number of hydrogen-bond acceptors (Lipinski definition) is 5. The molecule has 1 fully saturated rings. The maximum Gasteiger partial charge on any atom is 0.257 e. The van der Waals surface area contributed by atoms with E-state index in [0.29, 0.717) is 18.1 Å². The molecule has 0 atom stereocenters. The Labute approximate surface area is 153 Å². The molecule has 0 amide bonds. The molecule has 4 rings (SSSR count). The molecule has 5 heteroatoms. The zero-order valence-corrected chi connectivity index (χ0v) is 14.9. The zero-order chi connectivity index (χ0) is 17.8. The minimum absolute atomic E-state index is 0.235. The number of benzene rings is 2. The molecule has 2 aromatic carbocycles. The van der Waals surface area contributed by atoms with E-state index in [1.807, 2.05) is 36.4 Å². The molecule has 26 heavy (non-hydrogen) atoms. The summed E-state index contributed by atoms with van der Waals surface area (Å²) in [5.74, 6) is 2.09. The second kappa shape index (κ2) is 7.70. The van der Waals surface area contributed by atoms with Crippen molar-refractivity contribution in [3.63, 3.8) is 0 Å². The Bertz CT molecular complexity index is 852. The molecular weight excluding hydrogens is 328 g/mol. The van der Waals surface area contributed by atoms with Crippen LogP contribution in [0.15, 0.2) is 53.1 Å². The SMILES string of the molecule is Cc1ccccc1Cc1noc(-c2ccc(OC3CCOCC3)cc2)n1. The Hall–Kier alpha value is -2.66. The summed E-state index contributed by atoms with van der Waals surface area (Å²) in [5.41, 5.74) is 3.33. The van der Waals surface area contributed by atoms with Crippen LogP contribution in [0.25, 0.3) is 11.5 Å². The van der Waals surface area contributed by atoms with Gasteiger partial charge in [-0.15, -0.1) is 0 Å². The number of rotatable bonds is 5. The van der Waals surface area contributed by atoms with Crippen molar-refractivity contribution in [1.29, 1.82) is 0 Å². The third kappa shape index (κ3) is 3.94.